The minimum atomic E-state index is -0.565. The lowest BCUT2D eigenvalue weighted by Crippen LogP contribution is -2.25. The smallest absolute Gasteiger partial charge is 0.308 e. The van der Waals surface area contributed by atoms with Gasteiger partial charge in [-0.05, 0) is 19.9 Å². The van der Waals surface area contributed by atoms with E-state index in [-0.39, 0.29) is 33.9 Å². The number of nitrogens with zero attached hydrogens (tertiary/aromatic N) is 1. The third-order valence-corrected chi connectivity index (χ3v) is 3.79. The first-order valence-corrected chi connectivity index (χ1v) is 7.49. The van der Waals surface area contributed by atoms with Crippen molar-refractivity contribution in [2.45, 2.75) is 20.8 Å². The Morgan fingerprint density at radius 2 is 1.88 bits per heavy atom. The summed E-state index contributed by atoms with van der Waals surface area (Å²) in [5.74, 6) is -0.803. The maximum atomic E-state index is 12.9. The maximum Gasteiger partial charge on any atom is 0.308 e. The standard InChI is InChI=1S/C18H15NO5/c1-4-23-13-8-19-16-14(9(13)2)17(21)11-6-5-7-12(24-10(3)20)15(11)18(16)22/h5-8H,4H2,1-3H3. The Labute approximate surface area is 138 Å². The van der Waals surface area contributed by atoms with Gasteiger partial charge in [0.05, 0.1) is 23.9 Å². The summed E-state index contributed by atoms with van der Waals surface area (Å²) >= 11 is 0. The predicted molar refractivity (Wildman–Crippen MR) is 84.8 cm³/mol. The minimum Gasteiger partial charge on any atom is -0.492 e. The quantitative estimate of drug-likeness (QED) is 0.543. The fraction of sp³-hybridized carbons (Fsp3) is 0.222. The Balaban J connectivity index is 2.22. The molecule has 0 fully saturated rings. The Morgan fingerprint density at radius 3 is 2.54 bits per heavy atom. The van der Waals surface area contributed by atoms with Crippen molar-refractivity contribution in [2.75, 3.05) is 6.61 Å². The highest BCUT2D eigenvalue weighted by molar-refractivity contribution is 6.29. The number of benzene rings is 1. The number of ketones is 2. The van der Waals surface area contributed by atoms with Crippen molar-refractivity contribution >= 4 is 17.5 Å². The van der Waals surface area contributed by atoms with Crippen molar-refractivity contribution in [3.8, 4) is 11.5 Å². The molecular formula is C18H15NO5. The van der Waals surface area contributed by atoms with Crippen LogP contribution >= 0.6 is 0 Å². The van der Waals surface area contributed by atoms with E-state index in [1.165, 1.54) is 25.3 Å². The molecule has 24 heavy (non-hydrogen) atoms. The van der Waals surface area contributed by atoms with Gasteiger partial charge in [-0.25, -0.2) is 4.98 Å². The van der Waals surface area contributed by atoms with Gasteiger partial charge in [0, 0.05) is 18.1 Å². The molecule has 3 rings (SSSR count). The van der Waals surface area contributed by atoms with E-state index in [1.54, 1.807) is 13.0 Å². The number of esters is 1. The summed E-state index contributed by atoms with van der Waals surface area (Å²) in [6, 6.07) is 4.60. The SMILES string of the molecule is CCOc1cnc2c(c1C)C(=O)c1cccc(OC(C)=O)c1C2=O. The molecule has 122 valence electrons. The Morgan fingerprint density at radius 1 is 1.12 bits per heavy atom. The van der Waals surface area contributed by atoms with Crippen LogP contribution in [0, 0.1) is 6.92 Å². The van der Waals surface area contributed by atoms with Gasteiger partial charge in [-0.2, -0.15) is 0 Å². The minimum absolute atomic E-state index is 0.0491. The number of fused-ring (bicyclic) bond motifs is 2. The van der Waals surface area contributed by atoms with Gasteiger partial charge in [-0.3, -0.25) is 14.4 Å². The van der Waals surface area contributed by atoms with E-state index in [1.807, 2.05) is 6.92 Å². The van der Waals surface area contributed by atoms with Crippen LogP contribution in [-0.4, -0.2) is 29.1 Å². The van der Waals surface area contributed by atoms with E-state index in [0.29, 0.717) is 17.9 Å². The summed E-state index contributed by atoms with van der Waals surface area (Å²) in [7, 11) is 0. The topological polar surface area (TPSA) is 82.6 Å². The molecule has 2 aromatic rings. The van der Waals surface area contributed by atoms with E-state index in [0.717, 1.165) is 0 Å². The highest BCUT2D eigenvalue weighted by atomic mass is 16.5. The largest absolute Gasteiger partial charge is 0.492 e. The van der Waals surface area contributed by atoms with Crippen LogP contribution < -0.4 is 9.47 Å². The van der Waals surface area contributed by atoms with Gasteiger partial charge in [0.2, 0.25) is 5.78 Å². The zero-order valence-corrected chi connectivity index (χ0v) is 13.5. The number of hydrogen-bond donors (Lipinski definition) is 0. The van der Waals surface area contributed by atoms with Crippen LogP contribution in [0.5, 0.6) is 11.5 Å². The lowest BCUT2D eigenvalue weighted by molar-refractivity contribution is -0.131. The Hall–Kier alpha value is -3.02. The number of pyridine rings is 1. The van der Waals surface area contributed by atoms with Gasteiger partial charge < -0.3 is 9.47 Å². The van der Waals surface area contributed by atoms with Gasteiger partial charge in [0.15, 0.2) is 5.78 Å². The van der Waals surface area contributed by atoms with E-state index in [9.17, 15) is 14.4 Å². The first kappa shape index (κ1) is 15.9. The summed E-state index contributed by atoms with van der Waals surface area (Å²) in [5.41, 5.74) is 1.13. The molecular weight excluding hydrogens is 310 g/mol. The molecule has 1 aliphatic rings. The van der Waals surface area contributed by atoms with Crippen LogP contribution in [0.1, 0.15) is 51.4 Å². The molecule has 1 heterocycles. The molecule has 0 aliphatic heterocycles. The van der Waals surface area contributed by atoms with Gasteiger partial charge in [0.25, 0.3) is 0 Å². The van der Waals surface area contributed by atoms with Crippen molar-refractivity contribution in [3.63, 3.8) is 0 Å². The fourth-order valence-electron chi connectivity index (χ4n) is 2.78. The molecule has 0 amide bonds. The number of carbonyl (C=O) groups excluding carboxylic acids is 3. The van der Waals surface area contributed by atoms with Crippen LogP contribution in [0.3, 0.4) is 0 Å². The second-order valence-corrected chi connectivity index (χ2v) is 5.33. The third-order valence-electron chi connectivity index (χ3n) is 3.79. The van der Waals surface area contributed by atoms with Crippen molar-refractivity contribution in [1.29, 1.82) is 0 Å². The molecule has 0 atom stereocenters. The molecule has 0 unspecified atom stereocenters. The van der Waals surface area contributed by atoms with Gasteiger partial charge >= 0.3 is 5.97 Å². The molecule has 1 aromatic heterocycles. The van der Waals surface area contributed by atoms with Crippen molar-refractivity contribution in [2.24, 2.45) is 0 Å². The van der Waals surface area contributed by atoms with Crippen LogP contribution in [0.15, 0.2) is 24.4 Å². The summed E-state index contributed by atoms with van der Waals surface area (Å²) in [6.07, 6.45) is 1.43. The first-order valence-electron chi connectivity index (χ1n) is 7.49. The number of ether oxygens (including phenoxy) is 2. The molecule has 0 bridgehead atoms. The number of rotatable bonds is 3. The molecule has 0 saturated carbocycles. The van der Waals surface area contributed by atoms with E-state index < -0.39 is 11.8 Å². The third kappa shape index (κ3) is 2.36. The Kier molecular flexibility index (Phi) is 3.89. The monoisotopic (exact) mass is 325 g/mol. The average Bonchev–Trinajstić information content (AvgIpc) is 2.54. The Bertz CT molecular complexity index is 885. The normalized spacial score (nSPS) is 12.5. The number of carbonyl (C=O) groups is 3. The molecule has 0 N–H and O–H groups in total. The highest BCUT2D eigenvalue weighted by Gasteiger charge is 2.35. The number of aromatic nitrogens is 1. The number of hydrogen-bond acceptors (Lipinski definition) is 6. The molecule has 6 heteroatoms. The molecule has 0 spiro atoms. The molecule has 0 saturated heterocycles. The van der Waals surface area contributed by atoms with Crippen LogP contribution in [-0.2, 0) is 4.79 Å². The molecule has 0 radical (unpaired) electrons. The van der Waals surface area contributed by atoms with Crippen LogP contribution in [0.25, 0.3) is 0 Å². The average molecular weight is 325 g/mol. The van der Waals surface area contributed by atoms with E-state index in [4.69, 9.17) is 9.47 Å². The predicted octanol–water partition coefficient (Wildman–Crippen LogP) is 2.49. The zero-order chi connectivity index (χ0) is 17.4. The van der Waals surface area contributed by atoms with Crippen molar-refractivity contribution < 1.29 is 23.9 Å². The van der Waals surface area contributed by atoms with Crippen molar-refractivity contribution in [1.82, 2.24) is 4.98 Å². The maximum absolute atomic E-state index is 12.9. The van der Waals surface area contributed by atoms with Gasteiger partial charge in [0.1, 0.15) is 17.2 Å². The second-order valence-electron chi connectivity index (χ2n) is 5.33. The molecule has 1 aliphatic carbocycles. The highest BCUT2D eigenvalue weighted by Crippen LogP contribution is 2.35. The first-order chi connectivity index (χ1) is 11.5. The van der Waals surface area contributed by atoms with Gasteiger partial charge in [-0.15, -0.1) is 0 Å². The van der Waals surface area contributed by atoms with E-state index in [2.05, 4.69) is 4.98 Å². The summed E-state index contributed by atoms with van der Waals surface area (Å²) in [5, 5.41) is 0. The van der Waals surface area contributed by atoms with Gasteiger partial charge in [-0.1, -0.05) is 12.1 Å². The summed E-state index contributed by atoms with van der Waals surface area (Å²) in [4.78, 5) is 41.1. The zero-order valence-electron chi connectivity index (χ0n) is 13.5. The fourth-order valence-corrected chi connectivity index (χ4v) is 2.78. The molecule has 6 nitrogen and oxygen atoms in total. The lowest BCUT2D eigenvalue weighted by atomic mass is 9.84. The van der Waals surface area contributed by atoms with Crippen LogP contribution in [0.2, 0.25) is 0 Å². The van der Waals surface area contributed by atoms with Crippen molar-refractivity contribution in [3.05, 3.63) is 52.3 Å². The van der Waals surface area contributed by atoms with Crippen LogP contribution in [0.4, 0.5) is 0 Å². The second kappa shape index (κ2) is 5.88. The summed E-state index contributed by atoms with van der Waals surface area (Å²) in [6.45, 7) is 5.21. The summed E-state index contributed by atoms with van der Waals surface area (Å²) < 4.78 is 10.5. The van der Waals surface area contributed by atoms with E-state index >= 15 is 0 Å². The lowest BCUT2D eigenvalue weighted by Gasteiger charge is -2.21. The molecule has 1 aromatic carbocycles.